The van der Waals surface area contributed by atoms with Crippen molar-refractivity contribution in [3.8, 4) is 11.1 Å². The van der Waals surface area contributed by atoms with Crippen molar-refractivity contribution in [2.45, 2.75) is 50.1 Å². The van der Waals surface area contributed by atoms with E-state index in [0.29, 0.717) is 6.42 Å². The summed E-state index contributed by atoms with van der Waals surface area (Å²) in [6.45, 7) is 0. The van der Waals surface area contributed by atoms with Crippen molar-refractivity contribution in [3.63, 3.8) is 0 Å². The van der Waals surface area contributed by atoms with E-state index >= 15 is 0 Å². The quantitative estimate of drug-likeness (QED) is 0.773. The normalized spacial score (nSPS) is 17.0. The second kappa shape index (κ2) is 7.14. The van der Waals surface area contributed by atoms with Crippen molar-refractivity contribution < 1.29 is 18.0 Å². The molecule has 26 heavy (non-hydrogen) atoms. The van der Waals surface area contributed by atoms with Crippen LogP contribution >= 0.6 is 0 Å². The molecule has 0 saturated heterocycles. The van der Waals surface area contributed by atoms with Crippen molar-refractivity contribution in [2.24, 2.45) is 5.73 Å². The van der Waals surface area contributed by atoms with Crippen LogP contribution < -0.4 is 5.73 Å². The molecule has 0 heterocycles. The average molecular weight is 361 g/mol. The zero-order valence-electron chi connectivity index (χ0n) is 14.5. The lowest BCUT2D eigenvalue weighted by molar-refractivity contribution is -0.137. The maximum atomic E-state index is 12.7. The Morgan fingerprint density at radius 1 is 0.885 bits per heavy atom. The van der Waals surface area contributed by atoms with E-state index in [4.69, 9.17) is 5.73 Å². The lowest BCUT2D eigenvalue weighted by atomic mass is 9.67. The summed E-state index contributed by atoms with van der Waals surface area (Å²) in [5.41, 5.74) is 7.30. The first-order valence-electron chi connectivity index (χ1n) is 8.87. The van der Waals surface area contributed by atoms with Gasteiger partial charge in [-0.15, -0.1) is 0 Å². The second-order valence-electron chi connectivity index (χ2n) is 7.14. The van der Waals surface area contributed by atoms with Gasteiger partial charge in [-0.3, -0.25) is 4.79 Å². The Morgan fingerprint density at radius 2 is 1.38 bits per heavy atom. The minimum Gasteiger partial charge on any atom is -0.370 e. The van der Waals surface area contributed by atoms with Crippen LogP contribution in [0.25, 0.3) is 11.1 Å². The Kier molecular flexibility index (Phi) is 5.08. The molecule has 0 radical (unpaired) electrons. The molecule has 1 amide bonds. The molecule has 2 aromatic carbocycles. The SMILES string of the molecule is NC(=O)CC1(c2ccc(-c3ccc(C(F)(F)F)cc3)cc2)CCCCC1. The van der Waals surface area contributed by atoms with Gasteiger partial charge in [0.15, 0.2) is 0 Å². The van der Waals surface area contributed by atoms with Crippen LogP contribution in [-0.4, -0.2) is 5.91 Å². The molecular formula is C21H22F3NO. The minimum absolute atomic E-state index is 0.206. The third-order valence-corrected chi connectivity index (χ3v) is 5.37. The molecule has 1 fully saturated rings. The van der Waals surface area contributed by atoms with Gasteiger partial charge in [-0.1, -0.05) is 55.7 Å². The summed E-state index contributed by atoms with van der Waals surface area (Å²) in [6.07, 6.45) is 1.22. The number of primary amides is 1. The van der Waals surface area contributed by atoms with Gasteiger partial charge in [0.1, 0.15) is 0 Å². The lowest BCUT2D eigenvalue weighted by Crippen LogP contribution is -2.34. The van der Waals surface area contributed by atoms with Crippen molar-refractivity contribution >= 4 is 5.91 Å². The van der Waals surface area contributed by atoms with Gasteiger partial charge in [0.2, 0.25) is 5.91 Å². The first-order valence-corrected chi connectivity index (χ1v) is 8.87. The molecule has 2 aromatic rings. The van der Waals surface area contributed by atoms with Crippen LogP contribution in [0, 0.1) is 0 Å². The number of amides is 1. The molecule has 138 valence electrons. The summed E-state index contributed by atoms with van der Waals surface area (Å²) in [4.78, 5) is 11.6. The van der Waals surface area contributed by atoms with Gasteiger partial charge in [0.05, 0.1) is 5.56 Å². The number of nitrogens with two attached hydrogens (primary N) is 1. The predicted octanol–water partition coefficient (Wildman–Crippen LogP) is 5.45. The maximum absolute atomic E-state index is 12.7. The number of alkyl halides is 3. The highest BCUT2D eigenvalue weighted by Crippen LogP contribution is 2.42. The summed E-state index contributed by atoms with van der Waals surface area (Å²) in [6, 6.07) is 13.0. The smallest absolute Gasteiger partial charge is 0.370 e. The molecular weight excluding hydrogens is 339 g/mol. The first kappa shape index (κ1) is 18.5. The van der Waals surface area contributed by atoms with E-state index in [1.54, 1.807) is 0 Å². The Balaban J connectivity index is 1.86. The van der Waals surface area contributed by atoms with E-state index in [0.717, 1.165) is 54.5 Å². The number of hydrogen-bond donors (Lipinski definition) is 1. The fraction of sp³-hybridized carbons (Fsp3) is 0.381. The fourth-order valence-corrected chi connectivity index (χ4v) is 4.00. The van der Waals surface area contributed by atoms with Crippen LogP contribution in [0.2, 0.25) is 0 Å². The molecule has 0 unspecified atom stereocenters. The highest BCUT2D eigenvalue weighted by Gasteiger charge is 2.35. The molecule has 1 aliphatic rings. The molecule has 0 spiro atoms. The molecule has 1 aliphatic carbocycles. The third kappa shape index (κ3) is 3.92. The molecule has 2 nitrogen and oxygen atoms in total. The van der Waals surface area contributed by atoms with E-state index in [1.807, 2.05) is 24.3 Å². The highest BCUT2D eigenvalue weighted by molar-refractivity contribution is 5.76. The van der Waals surface area contributed by atoms with E-state index < -0.39 is 11.7 Å². The van der Waals surface area contributed by atoms with Crippen LogP contribution in [0.4, 0.5) is 13.2 Å². The summed E-state index contributed by atoms with van der Waals surface area (Å²) in [7, 11) is 0. The predicted molar refractivity (Wildman–Crippen MR) is 95.5 cm³/mol. The molecule has 5 heteroatoms. The van der Waals surface area contributed by atoms with Gasteiger partial charge in [-0.25, -0.2) is 0 Å². The topological polar surface area (TPSA) is 43.1 Å². The van der Waals surface area contributed by atoms with Crippen LogP contribution in [0.5, 0.6) is 0 Å². The van der Waals surface area contributed by atoms with Crippen LogP contribution in [0.15, 0.2) is 48.5 Å². The third-order valence-electron chi connectivity index (χ3n) is 5.37. The number of rotatable bonds is 4. The van der Waals surface area contributed by atoms with Crippen molar-refractivity contribution in [2.75, 3.05) is 0 Å². The second-order valence-corrected chi connectivity index (χ2v) is 7.14. The monoisotopic (exact) mass is 361 g/mol. The Bertz CT molecular complexity index is 757. The minimum atomic E-state index is -4.33. The van der Waals surface area contributed by atoms with Crippen LogP contribution in [0.1, 0.15) is 49.7 Å². The fourth-order valence-electron chi connectivity index (χ4n) is 4.00. The number of hydrogen-bond acceptors (Lipinski definition) is 1. The Morgan fingerprint density at radius 3 is 1.85 bits per heavy atom. The number of benzene rings is 2. The highest BCUT2D eigenvalue weighted by atomic mass is 19.4. The van der Waals surface area contributed by atoms with Gasteiger partial charge in [-0.05, 0) is 41.7 Å². The van der Waals surface area contributed by atoms with E-state index in [1.165, 1.54) is 18.6 Å². The first-order chi connectivity index (χ1) is 12.3. The Hall–Kier alpha value is -2.30. The summed E-state index contributed by atoms with van der Waals surface area (Å²) >= 11 is 0. The molecule has 0 atom stereocenters. The van der Waals surface area contributed by atoms with E-state index in [-0.39, 0.29) is 11.3 Å². The summed E-state index contributed by atoms with van der Waals surface area (Å²) in [5.74, 6) is -0.293. The largest absolute Gasteiger partial charge is 0.416 e. The van der Waals surface area contributed by atoms with E-state index in [9.17, 15) is 18.0 Å². The van der Waals surface area contributed by atoms with Crippen molar-refractivity contribution in [1.29, 1.82) is 0 Å². The maximum Gasteiger partial charge on any atom is 0.416 e. The number of carbonyl (C=O) groups excluding carboxylic acids is 1. The molecule has 0 bridgehead atoms. The zero-order chi connectivity index (χ0) is 18.8. The molecule has 0 aliphatic heterocycles. The molecule has 1 saturated carbocycles. The Labute approximate surface area is 151 Å². The number of carbonyl (C=O) groups is 1. The van der Waals surface area contributed by atoms with Gasteiger partial charge in [0.25, 0.3) is 0 Å². The lowest BCUT2D eigenvalue weighted by Gasteiger charge is -2.37. The molecule has 3 rings (SSSR count). The van der Waals surface area contributed by atoms with Crippen LogP contribution in [-0.2, 0) is 16.4 Å². The van der Waals surface area contributed by atoms with Gasteiger partial charge in [-0.2, -0.15) is 13.2 Å². The standard InChI is InChI=1S/C21H22F3NO/c22-21(23,24)18-10-6-16(7-11-18)15-4-8-17(9-5-15)20(14-19(25)26)12-2-1-3-13-20/h4-11H,1-3,12-14H2,(H2,25,26). The van der Waals surface area contributed by atoms with Crippen molar-refractivity contribution in [1.82, 2.24) is 0 Å². The molecule has 0 aromatic heterocycles. The van der Waals surface area contributed by atoms with Crippen LogP contribution in [0.3, 0.4) is 0 Å². The zero-order valence-corrected chi connectivity index (χ0v) is 14.5. The average Bonchev–Trinajstić information content (AvgIpc) is 2.61. The number of halogens is 3. The van der Waals surface area contributed by atoms with Gasteiger partial charge < -0.3 is 5.73 Å². The van der Waals surface area contributed by atoms with E-state index in [2.05, 4.69) is 0 Å². The summed E-state index contributed by atoms with van der Waals surface area (Å²) < 4.78 is 38.1. The summed E-state index contributed by atoms with van der Waals surface area (Å²) in [5, 5.41) is 0. The van der Waals surface area contributed by atoms with Gasteiger partial charge in [0, 0.05) is 11.8 Å². The molecule has 2 N–H and O–H groups in total. The van der Waals surface area contributed by atoms with Crippen molar-refractivity contribution in [3.05, 3.63) is 59.7 Å². The van der Waals surface area contributed by atoms with Gasteiger partial charge >= 0.3 is 6.18 Å².